The van der Waals surface area contributed by atoms with Crippen molar-refractivity contribution in [1.82, 2.24) is 15.5 Å². The Morgan fingerprint density at radius 1 is 1.31 bits per heavy atom. The van der Waals surface area contributed by atoms with Crippen LogP contribution in [0.5, 0.6) is 0 Å². The normalized spacial score (nSPS) is 19.8. The molecule has 1 aliphatic heterocycles. The Bertz CT molecular complexity index is 781. The van der Waals surface area contributed by atoms with E-state index in [-0.39, 0.29) is 16.0 Å². The first-order valence-corrected chi connectivity index (χ1v) is 9.07. The molecule has 1 aromatic rings. The summed E-state index contributed by atoms with van der Waals surface area (Å²) < 4.78 is 13.6. The van der Waals surface area contributed by atoms with Crippen molar-refractivity contribution in [3.63, 3.8) is 0 Å². The van der Waals surface area contributed by atoms with E-state index in [0.29, 0.717) is 18.4 Å². The third kappa shape index (κ3) is 3.38. The van der Waals surface area contributed by atoms with Gasteiger partial charge < -0.3 is 10.6 Å². The Labute approximate surface area is 160 Å². The van der Waals surface area contributed by atoms with Crippen molar-refractivity contribution < 1.29 is 18.8 Å². The van der Waals surface area contributed by atoms with E-state index in [2.05, 4.69) is 10.6 Å². The smallest absolute Gasteiger partial charge is 0.325 e. The molecule has 1 atom stereocenters. The van der Waals surface area contributed by atoms with Gasteiger partial charge in [0, 0.05) is 5.02 Å². The molecule has 2 aliphatic rings. The third-order valence-corrected chi connectivity index (χ3v) is 5.51. The molecule has 1 saturated heterocycles. The number of nitrogens with one attached hydrogen (secondary N) is 2. The third-order valence-electron chi connectivity index (χ3n) is 4.89. The first kappa shape index (κ1) is 18.9. The minimum absolute atomic E-state index is 0.113. The number of rotatable bonds is 4. The lowest BCUT2D eigenvalue weighted by Gasteiger charge is -2.21. The van der Waals surface area contributed by atoms with Crippen molar-refractivity contribution in [2.75, 3.05) is 6.54 Å². The highest BCUT2D eigenvalue weighted by Gasteiger charge is 2.52. The first-order chi connectivity index (χ1) is 12.2. The Balaban J connectivity index is 1.66. The molecular weight excluding hydrogens is 384 g/mol. The molecule has 0 aromatic heterocycles. The number of benzene rings is 1. The van der Waals surface area contributed by atoms with Gasteiger partial charge in [-0.3, -0.25) is 14.5 Å². The molecule has 1 heterocycles. The second-order valence-corrected chi connectivity index (χ2v) is 7.50. The Kier molecular flexibility index (Phi) is 5.12. The van der Waals surface area contributed by atoms with Crippen LogP contribution in [-0.2, 0) is 9.59 Å². The Hall–Kier alpha value is -1.86. The number of urea groups is 1. The van der Waals surface area contributed by atoms with E-state index in [1.165, 1.54) is 6.07 Å². The van der Waals surface area contributed by atoms with Gasteiger partial charge in [-0.25, -0.2) is 9.18 Å². The van der Waals surface area contributed by atoms with Crippen molar-refractivity contribution in [3.8, 4) is 0 Å². The predicted octanol–water partition coefficient (Wildman–Crippen LogP) is 3.17. The highest BCUT2D eigenvalue weighted by atomic mass is 35.5. The molecule has 4 amide bonds. The average molecular weight is 402 g/mol. The molecule has 1 aliphatic carbocycles. The van der Waals surface area contributed by atoms with E-state index in [9.17, 15) is 18.8 Å². The summed E-state index contributed by atoms with van der Waals surface area (Å²) in [6.07, 6.45) is 2.91. The number of imide groups is 1. The molecule has 2 N–H and O–H groups in total. The number of amides is 4. The van der Waals surface area contributed by atoms with E-state index in [1.54, 1.807) is 6.92 Å². The zero-order valence-electron chi connectivity index (χ0n) is 14.1. The summed E-state index contributed by atoms with van der Waals surface area (Å²) in [6, 6.07) is 1.23. The molecule has 140 valence electrons. The summed E-state index contributed by atoms with van der Waals surface area (Å²) in [7, 11) is 0. The van der Waals surface area contributed by atoms with Gasteiger partial charge in [-0.2, -0.15) is 0 Å². The van der Waals surface area contributed by atoms with E-state index in [4.69, 9.17) is 23.2 Å². The van der Waals surface area contributed by atoms with Crippen molar-refractivity contribution in [2.24, 2.45) is 0 Å². The molecule has 9 heteroatoms. The molecule has 1 saturated carbocycles. The van der Waals surface area contributed by atoms with Gasteiger partial charge in [0.2, 0.25) is 5.91 Å². The average Bonchev–Trinajstić information content (AvgIpc) is 3.12. The minimum Gasteiger partial charge on any atom is -0.348 e. The number of carbonyl (C=O) groups excluding carboxylic acids is 3. The maximum atomic E-state index is 13.6. The van der Waals surface area contributed by atoms with Crippen molar-refractivity contribution in [3.05, 3.63) is 33.6 Å². The first-order valence-electron chi connectivity index (χ1n) is 8.31. The van der Waals surface area contributed by atoms with Crippen LogP contribution in [0.25, 0.3) is 0 Å². The standard InChI is InChI=1S/C17H18Cl2FN3O3/c1-9(10-6-13(20)12(19)7-11(10)18)21-14(24)8-23-15(25)17(22-16(23)26)4-2-3-5-17/h6-7,9H,2-5,8H2,1H3,(H,21,24)(H,22,26). The monoisotopic (exact) mass is 401 g/mol. The van der Waals surface area contributed by atoms with E-state index < -0.39 is 35.9 Å². The lowest BCUT2D eigenvalue weighted by atomic mass is 9.98. The molecule has 2 fully saturated rings. The minimum atomic E-state index is -0.856. The molecule has 6 nitrogen and oxygen atoms in total. The number of hydrogen-bond acceptors (Lipinski definition) is 3. The zero-order chi connectivity index (χ0) is 19.1. The molecule has 0 radical (unpaired) electrons. The summed E-state index contributed by atoms with van der Waals surface area (Å²) in [5.41, 5.74) is -0.502. The van der Waals surface area contributed by atoms with E-state index >= 15 is 0 Å². The fourth-order valence-corrected chi connectivity index (χ4v) is 4.06. The number of nitrogens with zero attached hydrogens (tertiary/aromatic N) is 1. The summed E-state index contributed by atoms with van der Waals surface area (Å²) >= 11 is 11.7. The number of carbonyl (C=O) groups is 3. The molecule has 3 rings (SSSR count). The summed E-state index contributed by atoms with van der Waals surface area (Å²) in [5, 5.41) is 5.44. The van der Waals surface area contributed by atoms with Crippen LogP contribution in [0.3, 0.4) is 0 Å². The summed E-state index contributed by atoms with van der Waals surface area (Å²) in [4.78, 5) is 37.9. The van der Waals surface area contributed by atoms with Gasteiger partial charge in [0.1, 0.15) is 17.9 Å². The predicted molar refractivity (Wildman–Crippen MR) is 94.4 cm³/mol. The number of hydrogen-bond donors (Lipinski definition) is 2. The molecule has 1 aromatic carbocycles. The lowest BCUT2D eigenvalue weighted by Crippen LogP contribution is -2.45. The van der Waals surface area contributed by atoms with Gasteiger partial charge in [0.15, 0.2) is 0 Å². The van der Waals surface area contributed by atoms with Gasteiger partial charge in [0.05, 0.1) is 11.1 Å². The van der Waals surface area contributed by atoms with Gasteiger partial charge in [-0.1, -0.05) is 36.0 Å². The second-order valence-electron chi connectivity index (χ2n) is 6.69. The van der Waals surface area contributed by atoms with Gasteiger partial charge in [-0.15, -0.1) is 0 Å². The molecular formula is C17H18Cl2FN3O3. The van der Waals surface area contributed by atoms with Crippen LogP contribution in [0.2, 0.25) is 10.0 Å². The summed E-state index contributed by atoms with van der Waals surface area (Å²) in [6.45, 7) is 1.22. The van der Waals surface area contributed by atoms with Crippen LogP contribution in [0.15, 0.2) is 12.1 Å². The van der Waals surface area contributed by atoms with Crippen molar-refractivity contribution in [2.45, 2.75) is 44.2 Å². The maximum absolute atomic E-state index is 13.6. The maximum Gasteiger partial charge on any atom is 0.325 e. The fraction of sp³-hybridized carbons (Fsp3) is 0.471. The van der Waals surface area contributed by atoms with E-state index in [0.717, 1.165) is 23.8 Å². The van der Waals surface area contributed by atoms with Crippen molar-refractivity contribution in [1.29, 1.82) is 0 Å². The molecule has 26 heavy (non-hydrogen) atoms. The number of halogens is 3. The van der Waals surface area contributed by atoms with Gasteiger partial charge >= 0.3 is 6.03 Å². The Morgan fingerprint density at radius 3 is 2.62 bits per heavy atom. The highest BCUT2D eigenvalue weighted by molar-refractivity contribution is 6.35. The summed E-state index contributed by atoms with van der Waals surface area (Å²) in [5.74, 6) is -1.55. The largest absolute Gasteiger partial charge is 0.348 e. The lowest BCUT2D eigenvalue weighted by molar-refractivity contribution is -0.135. The van der Waals surface area contributed by atoms with Crippen LogP contribution in [0.1, 0.15) is 44.2 Å². The molecule has 1 spiro atoms. The Morgan fingerprint density at radius 2 is 1.96 bits per heavy atom. The SMILES string of the molecule is CC(NC(=O)CN1C(=O)NC2(CCCC2)C1=O)c1cc(F)c(Cl)cc1Cl. The van der Waals surface area contributed by atoms with Crippen LogP contribution in [-0.4, -0.2) is 34.8 Å². The topological polar surface area (TPSA) is 78.5 Å². The molecule has 0 bridgehead atoms. The second kappa shape index (κ2) is 7.04. The van der Waals surface area contributed by atoms with Crippen LogP contribution in [0.4, 0.5) is 9.18 Å². The fourth-order valence-electron chi connectivity index (χ4n) is 3.52. The van der Waals surface area contributed by atoms with Crippen LogP contribution in [0, 0.1) is 5.82 Å². The molecule has 1 unspecified atom stereocenters. The van der Waals surface area contributed by atoms with Crippen molar-refractivity contribution >= 4 is 41.0 Å². The highest BCUT2D eigenvalue weighted by Crippen LogP contribution is 2.35. The van der Waals surface area contributed by atoms with E-state index in [1.807, 2.05) is 0 Å². The quantitative estimate of drug-likeness (QED) is 0.600. The zero-order valence-corrected chi connectivity index (χ0v) is 15.6. The van der Waals surface area contributed by atoms with Crippen LogP contribution < -0.4 is 10.6 Å². The van der Waals surface area contributed by atoms with Gasteiger partial charge in [0.25, 0.3) is 5.91 Å². The van der Waals surface area contributed by atoms with Gasteiger partial charge in [-0.05, 0) is 37.5 Å². The van der Waals surface area contributed by atoms with Crippen LogP contribution >= 0.6 is 23.2 Å².